The second-order valence-electron chi connectivity index (χ2n) is 8.17. The number of piperidine rings is 1. The summed E-state index contributed by atoms with van der Waals surface area (Å²) in [5, 5.41) is 13.1. The van der Waals surface area contributed by atoms with Gasteiger partial charge >= 0.3 is 5.97 Å². The van der Waals surface area contributed by atoms with Crippen LogP contribution in [0.5, 0.6) is 0 Å². The van der Waals surface area contributed by atoms with Crippen LogP contribution in [0, 0.1) is 5.92 Å². The quantitative estimate of drug-likeness (QED) is 0.444. The number of aromatic amines is 1. The van der Waals surface area contributed by atoms with Gasteiger partial charge in [-0.1, -0.05) is 41.4 Å². The summed E-state index contributed by atoms with van der Waals surface area (Å²) in [5.74, 6) is -1.73. The molecule has 1 aliphatic heterocycles. The van der Waals surface area contributed by atoms with Gasteiger partial charge in [-0.25, -0.2) is 0 Å². The Morgan fingerprint density at radius 2 is 1.80 bits per heavy atom. The van der Waals surface area contributed by atoms with E-state index in [9.17, 15) is 19.2 Å². The van der Waals surface area contributed by atoms with Crippen LogP contribution in [0.25, 0.3) is 17.0 Å². The molecule has 8 nitrogen and oxygen atoms in total. The van der Waals surface area contributed by atoms with E-state index in [0.717, 1.165) is 5.56 Å². The first-order valence-electron chi connectivity index (χ1n) is 11.0. The number of carboxylic acids is 1. The lowest BCUT2D eigenvalue weighted by atomic mass is 9.95. The van der Waals surface area contributed by atoms with E-state index in [2.05, 4.69) is 10.3 Å². The molecule has 1 atom stereocenters. The number of amides is 2. The average molecular weight is 518 g/mol. The number of carbonyl (C=O) groups excluding carboxylic acids is 2. The number of likely N-dealkylation sites (tertiary alicyclic amines) is 1. The number of H-pyrrole nitrogens is 1. The van der Waals surface area contributed by atoms with Crippen molar-refractivity contribution in [2.45, 2.75) is 25.8 Å². The molecule has 10 heteroatoms. The Morgan fingerprint density at radius 1 is 1.11 bits per heavy atom. The Balaban J connectivity index is 0.000000281. The van der Waals surface area contributed by atoms with E-state index in [4.69, 9.17) is 28.3 Å². The summed E-state index contributed by atoms with van der Waals surface area (Å²) in [6.07, 6.45) is 4.19. The Bertz CT molecular complexity index is 1280. The van der Waals surface area contributed by atoms with Gasteiger partial charge in [-0.15, -0.1) is 0 Å². The monoisotopic (exact) mass is 517 g/mol. The molecular weight excluding hydrogens is 493 g/mol. The highest BCUT2D eigenvalue weighted by molar-refractivity contribution is 6.34. The van der Waals surface area contributed by atoms with E-state index in [1.807, 2.05) is 18.2 Å². The molecular formula is C25H25Cl2N3O5. The van der Waals surface area contributed by atoms with E-state index in [1.54, 1.807) is 35.2 Å². The number of benzene rings is 2. The largest absolute Gasteiger partial charge is 0.480 e. The molecule has 184 valence electrons. The Kier molecular flexibility index (Phi) is 8.89. The van der Waals surface area contributed by atoms with Crippen molar-refractivity contribution >= 4 is 58.0 Å². The molecule has 2 aromatic carbocycles. The van der Waals surface area contributed by atoms with Crippen molar-refractivity contribution in [1.29, 1.82) is 0 Å². The number of fused-ring (bicyclic) bond motifs is 3. The maximum absolute atomic E-state index is 12.2. The minimum Gasteiger partial charge on any atom is -0.480 e. The maximum Gasteiger partial charge on any atom is 0.325 e. The number of aliphatic carboxylic acids is 1. The molecule has 1 saturated heterocycles. The number of hydrogen-bond acceptors (Lipinski definition) is 4. The van der Waals surface area contributed by atoms with E-state index >= 15 is 0 Å². The maximum atomic E-state index is 12.2. The highest BCUT2D eigenvalue weighted by atomic mass is 35.5. The van der Waals surface area contributed by atoms with Gasteiger partial charge in [-0.2, -0.15) is 0 Å². The molecule has 0 saturated carbocycles. The lowest BCUT2D eigenvalue weighted by molar-refractivity contribution is -0.142. The van der Waals surface area contributed by atoms with Gasteiger partial charge in [0.1, 0.15) is 6.04 Å². The highest BCUT2D eigenvalue weighted by Crippen LogP contribution is 2.20. The lowest BCUT2D eigenvalue weighted by Crippen LogP contribution is -2.46. The van der Waals surface area contributed by atoms with Crippen molar-refractivity contribution in [3.8, 4) is 0 Å². The predicted octanol–water partition coefficient (Wildman–Crippen LogP) is 3.80. The van der Waals surface area contributed by atoms with E-state index in [1.165, 1.54) is 13.0 Å². The smallest absolute Gasteiger partial charge is 0.325 e. The minimum atomic E-state index is -1.06. The summed E-state index contributed by atoms with van der Waals surface area (Å²) >= 11 is 11.8. The molecule has 1 aliphatic rings. The molecule has 5 rings (SSSR count). The second kappa shape index (κ2) is 11.9. The molecule has 0 radical (unpaired) electrons. The van der Waals surface area contributed by atoms with Gasteiger partial charge in [0.15, 0.2) is 0 Å². The number of nitrogens with one attached hydrogen (secondary N) is 2. The fourth-order valence-corrected chi connectivity index (χ4v) is 4.01. The zero-order chi connectivity index (χ0) is 25.5. The van der Waals surface area contributed by atoms with Crippen LogP contribution >= 0.6 is 23.2 Å². The topological polar surface area (TPSA) is 120 Å². The summed E-state index contributed by atoms with van der Waals surface area (Å²) in [4.78, 5) is 50.2. The minimum absolute atomic E-state index is 0.0677. The third-order valence-electron chi connectivity index (χ3n) is 5.70. The van der Waals surface area contributed by atoms with Crippen LogP contribution in [0.1, 0.15) is 25.3 Å². The van der Waals surface area contributed by atoms with Crippen molar-refractivity contribution in [3.63, 3.8) is 0 Å². The molecule has 3 heterocycles. The van der Waals surface area contributed by atoms with E-state index in [0.29, 0.717) is 46.9 Å². The van der Waals surface area contributed by atoms with Crippen molar-refractivity contribution in [1.82, 2.24) is 15.2 Å². The van der Waals surface area contributed by atoms with Crippen LogP contribution in [0.4, 0.5) is 0 Å². The van der Waals surface area contributed by atoms with Gasteiger partial charge < -0.3 is 20.3 Å². The third-order valence-corrected chi connectivity index (χ3v) is 6.35. The number of rotatable bonds is 5. The second-order valence-corrected chi connectivity index (χ2v) is 8.99. The van der Waals surface area contributed by atoms with Gasteiger partial charge in [0.05, 0.1) is 10.5 Å². The van der Waals surface area contributed by atoms with Gasteiger partial charge in [0.2, 0.25) is 11.8 Å². The van der Waals surface area contributed by atoms with Crippen molar-refractivity contribution < 1.29 is 19.5 Å². The fraction of sp³-hybridized carbons (Fsp3) is 0.280. The number of carbonyl (C=O) groups is 3. The SMILES string of the molecule is CC(NC(=O)C1CCN(C(=O)C=Cc2ccccc2Cl)CC1)C(=O)O.O=c1[nH]c2ccc1cc2Cl. The number of hydrogen-bond donors (Lipinski definition) is 3. The van der Waals surface area contributed by atoms with Crippen LogP contribution < -0.4 is 10.9 Å². The van der Waals surface area contributed by atoms with Crippen molar-refractivity contribution in [2.24, 2.45) is 5.92 Å². The first-order chi connectivity index (χ1) is 16.7. The normalized spacial score (nSPS) is 15.0. The number of carboxylic acid groups (broad SMARTS) is 1. The predicted molar refractivity (Wildman–Crippen MR) is 136 cm³/mol. The molecule has 2 bridgehead atoms. The third kappa shape index (κ3) is 7.07. The molecule has 1 fully saturated rings. The summed E-state index contributed by atoms with van der Waals surface area (Å²) in [6.45, 7) is 2.36. The summed E-state index contributed by atoms with van der Waals surface area (Å²) in [7, 11) is 0. The number of halogens is 2. The van der Waals surface area contributed by atoms with Crippen LogP contribution in [-0.4, -0.2) is 51.9 Å². The number of nitrogens with zero attached hydrogens (tertiary/aromatic N) is 1. The molecule has 0 aliphatic carbocycles. The van der Waals surface area contributed by atoms with Gasteiger partial charge in [-0.3, -0.25) is 19.2 Å². The zero-order valence-electron chi connectivity index (χ0n) is 19.0. The molecule has 35 heavy (non-hydrogen) atoms. The standard InChI is InChI=1S/C18H21ClN2O4.C7H4ClNO/c1-12(18(24)25)20-17(23)14-8-10-21(11-9-14)16(22)7-6-13-4-2-3-5-15(13)19;8-5-3-4-1-2-6(5)9-7(4)10/h2-7,12,14H,8-11H2,1H3,(H,20,23)(H,24,25);1-3H,(H,9,10). The van der Waals surface area contributed by atoms with Crippen LogP contribution in [0.3, 0.4) is 0 Å². The van der Waals surface area contributed by atoms with Crippen molar-refractivity contribution in [3.05, 3.63) is 74.5 Å². The fourth-order valence-electron chi connectivity index (χ4n) is 3.58. The lowest BCUT2D eigenvalue weighted by Gasteiger charge is -2.31. The summed E-state index contributed by atoms with van der Waals surface area (Å²) in [6, 6.07) is 11.5. The molecule has 1 unspecified atom stereocenters. The molecule has 0 spiro atoms. The Morgan fingerprint density at radius 3 is 2.31 bits per heavy atom. The first-order valence-corrected chi connectivity index (χ1v) is 11.8. The Labute approximate surface area is 211 Å². The van der Waals surface area contributed by atoms with E-state index in [-0.39, 0.29) is 23.3 Å². The number of pyridine rings is 2. The highest BCUT2D eigenvalue weighted by Gasteiger charge is 2.28. The van der Waals surface area contributed by atoms with Crippen LogP contribution in [0.2, 0.25) is 10.0 Å². The Hall–Kier alpha value is -3.36. The van der Waals surface area contributed by atoms with Crippen molar-refractivity contribution in [2.75, 3.05) is 13.1 Å². The van der Waals surface area contributed by atoms with Crippen LogP contribution in [0.15, 0.2) is 53.3 Å². The number of aromatic nitrogens is 1. The molecule has 2 amide bonds. The molecule has 3 N–H and O–H groups in total. The summed E-state index contributed by atoms with van der Waals surface area (Å²) in [5.41, 5.74) is 1.40. The van der Waals surface area contributed by atoms with Crippen LogP contribution in [-0.2, 0) is 14.4 Å². The zero-order valence-corrected chi connectivity index (χ0v) is 20.5. The first kappa shape index (κ1) is 26.2. The van der Waals surface area contributed by atoms with Gasteiger partial charge in [-0.05, 0) is 55.7 Å². The molecule has 2 aromatic heterocycles. The van der Waals surface area contributed by atoms with Gasteiger partial charge in [0.25, 0.3) is 5.56 Å². The van der Waals surface area contributed by atoms with Gasteiger partial charge in [0, 0.05) is 35.5 Å². The summed E-state index contributed by atoms with van der Waals surface area (Å²) < 4.78 is 0. The van der Waals surface area contributed by atoms with E-state index < -0.39 is 12.0 Å². The average Bonchev–Trinajstić information content (AvgIpc) is 2.84. The molecule has 4 aromatic rings.